The van der Waals surface area contributed by atoms with E-state index in [0.717, 1.165) is 11.1 Å². The van der Waals surface area contributed by atoms with Crippen LogP contribution in [0.4, 0.5) is 4.39 Å². The Kier molecular flexibility index (Phi) is 3.49. The van der Waals surface area contributed by atoms with Gasteiger partial charge in [-0.25, -0.2) is 4.39 Å². The van der Waals surface area contributed by atoms with Crippen molar-refractivity contribution in [1.29, 1.82) is 0 Å². The molecule has 0 saturated carbocycles. The van der Waals surface area contributed by atoms with Crippen molar-refractivity contribution in [2.45, 2.75) is 19.4 Å². The first-order valence-corrected chi connectivity index (χ1v) is 5.49. The molecule has 1 aromatic carbocycles. The van der Waals surface area contributed by atoms with Crippen molar-refractivity contribution >= 4 is 0 Å². The van der Waals surface area contributed by atoms with Crippen LogP contribution in [-0.4, -0.2) is 10.1 Å². The zero-order chi connectivity index (χ0) is 12.3. The smallest absolute Gasteiger partial charge is 0.123 e. The maximum absolute atomic E-state index is 13.2. The van der Waals surface area contributed by atoms with Gasteiger partial charge in [0.25, 0.3) is 0 Å². The SMILES string of the molecule is Cc1cc(F)cc(C(O)Cc2cccnc2)c1. The van der Waals surface area contributed by atoms with E-state index in [1.54, 1.807) is 18.5 Å². The monoisotopic (exact) mass is 231 g/mol. The van der Waals surface area contributed by atoms with Gasteiger partial charge in [0.05, 0.1) is 6.10 Å². The summed E-state index contributed by atoms with van der Waals surface area (Å²) in [6.07, 6.45) is 3.13. The highest BCUT2D eigenvalue weighted by Crippen LogP contribution is 2.20. The van der Waals surface area contributed by atoms with E-state index in [1.165, 1.54) is 12.1 Å². The highest BCUT2D eigenvalue weighted by atomic mass is 19.1. The number of aliphatic hydroxyl groups is 1. The van der Waals surface area contributed by atoms with E-state index in [4.69, 9.17) is 0 Å². The lowest BCUT2D eigenvalue weighted by Gasteiger charge is -2.11. The first-order valence-electron chi connectivity index (χ1n) is 5.49. The molecule has 0 radical (unpaired) electrons. The topological polar surface area (TPSA) is 33.1 Å². The minimum atomic E-state index is -0.700. The van der Waals surface area contributed by atoms with Gasteiger partial charge < -0.3 is 5.11 Å². The zero-order valence-electron chi connectivity index (χ0n) is 9.60. The van der Waals surface area contributed by atoms with Crippen molar-refractivity contribution in [3.05, 3.63) is 65.2 Å². The second-order valence-corrected chi connectivity index (χ2v) is 4.14. The van der Waals surface area contributed by atoms with Gasteiger partial charge in [-0.1, -0.05) is 12.1 Å². The van der Waals surface area contributed by atoms with Crippen molar-refractivity contribution in [1.82, 2.24) is 4.98 Å². The van der Waals surface area contributed by atoms with E-state index in [-0.39, 0.29) is 5.82 Å². The fourth-order valence-electron chi connectivity index (χ4n) is 1.82. The van der Waals surface area contributed by atoms with Crippen LogP contribution in [0.15, 0.2) is 42.7 Å². The Morgan fingerprint density at radius 2 is 2.18 bits per heavy atom. The van der Waals surface area contributed by atoms with Gasteiger partial charge in [-0.05, 0) is 41.8 Å². The standard InChI is InChI=1S/C14H14FNO/c1-10-5-12(8-13(15)6-10)14(17)7-11-3-2-4-16-9-11/h2-6,8-9,14,17H,7H2,1H3. The van der Waals surface area contributed by atoms with Gasteiger partial charge in [0.1, 0.15) is 5.82 Å². The number of aromatic nitrogens is 1. The molecule has 0 aliphatic rings. The molecule has 0 fully saturated rings. The molecular formula is C14H14FNO. The number of pyridine rings is 1. The molecule has 3 heteroatoms. The summed E-state index contributed by atoms with van der Waals surface area (Å²) in [6, 6.07) is 8.32. The lowest BCUT2D eigenvalue weighted by molar-refractivity contribution is 0.178. The van der Waals surface area contributed by atoms with Crippen molar-refractivity contribution in [2.24, 2.45) is 0 Å². The van der Waals surface area contributed by atoms with Gasteiger partial charge in [0.15, 0.2) is 0 Å². The number of aryl methyl sites for hydroxylation is 1. The summed E-state index contributed by atoms with van der Waals surface area (Å²) in [7, 11) is 0. The number of aliphatic hydroxyl groups excluding tert-OH is 1. The maximum Gasteiger partial charge on any atom is 0.123 e. The van der Waals surface area contributed by atoms with Crippen LogP contribution in [0.25, 0.3) is 0 Å². The number of nitrogens with zero attached hydrogens (tertiary/aromatic N) is 1. The summed E-state index contributed by atoms with van der Waals surface area (Å²) in [5, 5.41) is 10.0. The van der Waals surface area contributed by atoms with E-state index in [0.29, 0.717) is 12.0 Å². The Balaban J connectivity index is 2.17. The third kappa shape index (κ3) is 3.11. The van der Waals surface area contributed by atoms with Gasteiger partial charge >= 0.3 is 0 Å². The molecule has 0 aliphatic carbocycles. The number of rotatable bonds is 3. The molecule has 0 saturated heterocycles. The zero-order valence-corrected chi connectivity index (χ0v) is 9.60. The summed E-state index contributed by atoms with van der Waals surface area (Å²) in [6.45, 7) is 1.81. The Labute approximate surface area is 99.8 Å². The Hall–Kier alpha value is -1.74. The van der Waals surface area contributed by atoms with Gasteiger partial charge in [-0.3, -0.25) is 4.98 Å². The van der Waals surface area contributed by atoms with Crippen LogP contribution in [-0.2, 0) is 6.42 Å². The second-order valence-electron chi connectivity index (χ2n) is 4.14. The van der Waals surface area contributed by atoms with Crippen molar-refractivity contribution in [3.63, 3.8) is 0 Å². The fraction of sp³-hybridized carbons (Fsp3) is 0.214. The number of halogens is 1. The fourth-order valence-corrected chi connectivity index (χ4v) is 1.82. The average molecular weight is 231 g/mol. The molecule has 1 aromatic heterocycles. The lowest BCUT2D eigenvalue weighted by atomic mass is 10.0. The first kappa shape index (κ1) is 11.7. The average Bonchev–Trinajstić information content (AvgIpc) is 2.29. The highest BCUT2D eigenvalue weighted by molar-refractivity contribution is 5.26. The third-order valence-corrected chi connectivity index (χ3v) is 2.60. The number of hydrogen-bond acceptors (Lipinski definition) is 2. The van der Waals surface area contributed by atoms with Gasteiger partial charge in [0.2, 0.25) is 0 Å². The van der Waals surface area contributed by atoms with Crippen molar-refractivity contribution in [3.8, 4) is 0 Å². The molecule has 17 heavy (non-hydrogen) atoms. The molecular weight excluding hydrogens is 217 g/mol. The summed E-state index contributed by atoms with van der Waals surface area (Å²) in [4.78, 5) is 3.98. The Morgan fingerprint density at radius 1 is 1.35 bits per heavy atom. The summed E-state index contributed by atoms with van der Waals surface area (Å²) >= 11 is 0. The molecule has 0 amide bonds. The van der Waals surface area contributed by atoms with E-state index in [9.17, 15) is 9.50 Å². The molecule has 1 N–H and O–H groups in total. The van der Waals surface area contributed by atoms with Crippen LogP contribution in [0.3, 0.4) is 0 Å². The largest absolute Gasteiger partial charge is 0.388 e. The van der Waals surface area contributed by atoms with Gasteiger partial charge in [0, 0.05) is 18.8 Å². The van der Waals surface area contributed by atoms with Crippen LogP contribution in [0.1, 0.15) is 22.8 Å². The molecule has 88 valence electrons. The normalized spacial score (nSPS) is 12.4. The third-order valence-electron chi connectivity index (χ3n) is 2.60. The predicted octanol–water partition coefficient (Wildman–Crippen LogP) is 2.81. The van der Waals surface area contributed by atoms with E-state index in [1.807, 2.05) is 19.1 Å². The highest BCUT2D eigenvalue weighted by Gasteiger charge is 2.10. The summed E-state index contributed by atoms with van der Waals surface area (Å²) in [5.41, 5.74) is 2.35. The van der Waals surface area contributed by atoms with Crippen LogP contribution < -0.4 is 0 Å². The number of hydrogen-bond donors (Lipinski definition) is 1. The first-order chi connectivity index (χ1) is 8.15. The molecule has 1 atom stereocenters. The maximum atomic E-state index is 13.2. The number of benzene rings is 1. The molecule has 0 aliphatic heterocycles. The molecule has 2 nitrogen and oxygen atoms in total. The van der Waals surface area contributed by atoms with Crippen LogP contribution in [0.2, 0.25) is 0 Å². The quantitative estimate of drug-likeness (QED) is 0.881. The molecule has 2 rings (SSSR count). The van der Waals surface area contributed by atoms with Gasteiger partial charge in [-0.2, -0.15) is 0 Å². The summed E-state index contributed by atoms with van der Waals surface area (Å²) < 4.78 is 13.2. The lowest BCUT2D eigenvalue weighted by Crippen LogP contribution is -2.03. The molecule has 1 unspecified atom stereocenters. The Morgan fingerprint density at radius 3 is 2.82 bits per heavy atom. The van der Waals surface area contributed by atoms with Crippen LogP contribution in [0.5, 0.6) is 0 Å². The van der Waals surface area contributed by atoms with Crippen molar-refractivity contribution in [2.75, 3.05) is 0 Å². The predicted molar refractivity (Wildman–Crippen MR) is 64.0 cm³/mol. The second kappa shape index (κ2) is 5.06. The van der Waals surface area contributed by atoms with E-state index in [2.05, 4.69) is 4.98 Å². The molecule has 1 heterocycles. The van der Waals surface area contributed by atoms with Gasteiger partial charge in [-0.15, -0.1) is 0 Å². The Bertz CT molecular complexity index is 479. The van der Waals surface area contributed by atoms with Crippen LogP contribution in [0, 0.1) is 12.7 Å². The summed E-state index contributed by atoms with van der Waals surface area (Å²) in [5.74, 6) is -0.315. The van der Waals surface area contributed by atoms with E-state index < -0.39 is 6.10 Å². The molecule has 0 spiro atoms. The van der Waals surface area contributed by atoms with Crippen molar-refractivity contribution < 1.29 is 9.50 Å². The van der Waals surface area contributed by atoms with E-state index >= 15 is 0 Å². The molecule has 2 aromatic rings. The molecule has 0 bridgehead atoms. The minimum absolute atomic E-state index is 0.315. The van der Waals surface area contributed by atoms with Crippen LogP contribution >= 0.6 is 0 Å². The minimum Gasteiger partial charge on any atom is -0.388 e.